The molecular formula is C46H89O11P. The van der Waals surface area contributed by atoms with E-state index in [1.807, 2.05) is 0 Å². The number of aliphatic hydroxyl groups is 1. The number of esters is 3. The predicted molar refractivity (Wildman–Crippen MR) is 234 cm³/mol. The second-order valence-electron chi connectivity index (χ2n) is 16.3. The number of ether oxygens (including phenoxy) is 3. The Labute approximate surface area is 354 Å². The number of unbranched alkanes of at least 4 members (excludes halogenated alkanes) is 28. The van der Waals surface area contributed by atoms with Crippen molar-refractivity contribution in [2.75, 3.05) is 26.4 Å². The fourth-order valence-corrected chi connectivity index (χ4v) is 7.61. The molecular weight excluding hydrogens is 759 g/mol. The van der Waals surface area contributed by atoms with Crippen LogP contribution in [-0.2, 0) is 42.2 Å². The number of phosphoric ester groups is 1. The summed E-state index contributed by atoms with van der Waals surface area (Å²) in [6.07, 6.45) is 33.8. The number of hydrogen-bond donors (Lipinski definition) is 2. The molecule has 0 fully saturated rings. The molecule has 0 aliphatic rings. The average Bonchev–Trinajstić information content (AvgIpc) is 3.20. The molecule has 0 radical (unpaired) electrons. The Morgan fingerprint density at radius 3 is 1.02 bits per heavy atom. The lowest BCUT2D eigenvalue weighted by molar-refractivity contribution is -0.161. The molecule has 0 aromatic rings. The van der Waals surface area contributed by atoms with Gasteiger partial charge in [0, 0.05) is 19.3 Å². The first kappa shape index (κ1) is 56.5. The fraction of sp³-hybridized carbons (Fsp3) is 0.935. The molecule has 0 bridgehead atoms. The molecule has 0 rings (SSSR count). The zero-order valence-electron chi connectivity index (χ0n) is 37.5. The number of hydrogen-bond acceptors (Lipinski definition) is 10. The maximum atomic E-state index is 12.7. The molecule has 12 heteroatoms. The molecule has 0 saturated carbocycles. The van der Waals surface area contributed by atoms with Crippen molar-refractivity contribution in [3.63, 3.8) is 0 Å². The van der Waals surface area contributed by atoms with Crippen molar-refractivity contribution >= 4 is 25.7 Å². The van der Waals surface area contributed by atoms with E-state index in [0.717, 1.165) is 57.8 Å². The van der Waals surface area contributed by atoms with Gasteiger partial charge in [-0.25, -0.2) is 4.57 Å². The lowest BCUT2D eigenvalue weighted by atomic mass is 10.0. The monoisotopic (exact) mass is 849 g/mol. The Morgan fingerprint density at radius 1 is 0.414 bits per heavy atom. The third kappa shape index (κ3) is 39.9. The van der Waals surface area contributed by atoms with Gasteiger partial charge >= 0.3 is 25.7 Å². The molecule has 0 aromatic carbocycles. The second kappa shape index (κ2) is 42.2. The lowest BCUT2D eigenvalue weighted by Crippen LogP contribution is -2.30. The van der Waals surface area contributed by atoms with E-state index in [1.54, 1.807) is 0 Å². The highest BCUT2D eigenvalue weighted by Gasteiger charge is 2.28. The van der Waals surface area contributed by atoms with E-state index in [2.05, 4.69) is 20.8 Å². The minimum absolute atomic E-state index is 0.176. The molecule has 3 atom stereocenters. The fourth-order valence-electron chi connectivity index (χ4n) is 6.83. The van der Waals surface area contributed by atoms with E-state index in [9.17, 15) is 28.9 Å². The maximum absolute atomic E-state index is 12.7. The van der Waals surface area contributed by atoms with Crippen molar-refractivity contribution in [3.8, 4) is 0 Å². The summed E-state index contributed by atoms with van der Waals surface area (Å²) in [7, 11) is -4.71. The Hall–Kier alpha value is -1.52. The van der Waals surface area contributed by atoms with Crippen LogP contribution >= 0.6 is 7.82 Å². The first-order valence-electron chi connectivity index (χ1n) is 23.9. The number of rotatable bonds is 45. The molecule has 0 spiro atoms. The van der Waals surface area contributed by atoms with Crippen LogP contribution in [0.5, 0.6) is 0 Å². The molecule has 0 aliphatic carbocycles. The van der Waals surface area contributed by atoms with Crippen molar-refractivity contribution in [3.05, 3.63) is 0 Å². The summed E-state index contributed by atoms with van der Waals surface area (Å²) in [5.41, 5.74) is 0. The van der Waals surface area contributed by atoms with Gasteiger partial charge in [0.1, 0.15) is 12.7 Å². The van der Waals surface area contributed by atoms with Crippen molar-refractivity contribution in [1.29, 1.82) is 0 Å². The largest absolute Gasteiger partial charge is 0.472 e. The van der Waals surface area contributed by atoms with Crippen LogP contribution in [0.3, 0.4) is 0 Å². The first-order valence-corrected chi connectivity index (χ1v) is 25.4. The molecule has 0 aromatic heterocycles. The van der Waals surface area contributed by atoms with E-state index >= 15 is 0 Å². The minimum Gasteiger partial charge on any atom is -0.462 e. The van der Waals surface area contributed by atoms with Gasteiger partial charge in [-0.1, -0.05) is 201 Å². The Bertz CT molecular complexity index is 995. The van der Waals surface area contributed by atoms with Gasteiger partial charge in [-0.05, 0) is 19.3 Å². The van der Waals surface area contributed by atoms with E-state index in [0.29, 0.717) is 19.3 Å². The molecule has 11 nitrogen and oxygen atoms in total. The van der Waals surface area contributed by atoms with Gasteiger partial charge in [-0.3, -0.25) is 23.4 Å². The molecule has 0 amide bonds. The molecule has 3 unspecified atom stereocenters. The Balaban J connectivity index is 4.68. The van der Waals surface area contributed by atoms with Crippen LogP contribution in [0.4, 0.5) is 0 Å². The van der Waals surface area contributed by atoms with Crippen LogP contribution < -0.4 is 0 Å². The summed E-state index contributed by atoms with van der Waals surface area (Å²) in [5.74, 6) is -1.45. The summed E-state index contributed by atoms with van der Waals surface area (Å²) < 4.78 is 39.1. The number of carbonyl (C=O) groups is 3. The van der Waals surface area contributed by atoms with Crippen molar-refractivity contribution < 1.29 is 52.2 Å². The quantitative estimate of drug-likeness (QED) is 0.0260. The minimum atomic E-state index is -4.71. The summed E-state index contributed by atoms with van der Waals surface area (Å²) in [4.78, 5) is 47.9. The van der Waals surface area contributed by atoms with Crippen LogP contribution in [0, 0.1) is 0 Å². The average molecular weight is 849 g/mol. The van der Waals surface area contributed by atoms with Crippen molar-refractivity contribution in [1.82, 2.24) is 0 Å². The van der Waals surface area contributed by atoms with E-state index in [1.165, 1.54) is 122 Å². The van der Waals surface area contributed by atoms with Crippen LogP contribution in [0.2, 0.25) is 0 Å². The normalized spacial score (nSPS) is 13.5. The van der Waals surface area contributed by atoms with Crippen LogP contribution in [0.15, 0.2) is 0 Å². The summed E-state index contributed by atoms with van der Waals surface area (Å²) >= 11 is 0. The molecule has 2 N–H and O–H groups in total. The van der Waals surface area contributed by atoms with Gasteiger partial charge in [0.25, 0.3) is 0 Å². The number of carbonyl (C=O) groups excluding carboxylic acids is 3. The van der Waals surface area contributed by atoms with E-state index in [-0.39, 0.29) is 25.9 Å². The van der Waals surface area contributed by atoms with Crippen molar-refractivity contribution in [2.45, 2.75) is 251 Å². The van der Waals surface area contributed by atoms with E-state index < -0.39 is 57.8 Å². The molecule has 58 heavy (non-hydrogen) atoms. The van der Waals surface area contributed by atoms with Gasteiger partial charge < -0.3 is 24.2 Å². The summed E-state index contributed by atoms with van der Waals surface area (Å²) in [6, 6.07) is 0. The highest BCUT2D eigenvalue weighted by atomic mass is 31.2. The molecule has 0 saturated heterocycles. The van der Waals surface area contributed by atoms with Gasteiger partial charge in [0.05, 0.1) is 19.8 Å². The number of phosphoric acid groups is 1. The third-order valence-corrected chi connectivity index (χ3v) is 11.5. The van der Waals surface area contributed by atoms with Gasteiger partial charge in [-0.2, -0.15) is 0 Å². The predicted octanol–water partition coefficient (Wildman–Crippen LogP) is 12.8. The Kier molecular flexibility index (Phi) is 41.1. The molecule has 0 heterocycles. The zero-order valence-corrected chi connectivity index (χ0v) is 38.4. The van der Waals surface area contributed by atoms with Crippen LogP contribution in [0.25, 0.3) is 0 Å². The maximum Gasteiger partial charge on any atom is 0.472 e. The highest BCUT2D eigenvalue weighted by Crippen LogP contribution is 2.43. The number of aliphatic hydroxyl groups excluding tert-OH is 1. The topological polar surface area (TPSA) is 155 Å². The first-order chi connectivity index (χ1) is 28.2. The third-order valence-electron chi connectivity index (χ3n) is 10.5. The second-order valence-corrected chi connectivity index (χ2v) is 17.8. The summed E-state index contributed by atoms with van der Waals surface area (Å²) in [6.45, 7) is 4.60. The lowest BCUT2D eigenvalue weighted by Gasteiger charge is -2.21. The highest BCUT2D eigenvalue weighted by molar-refractivity contribution is 7.47. The Morgan fingerprint density at radius 2 is 0.690 bits per heavy atom. The van der Waals surface area contributed by atoms with Crippen molar-refractivity contribution in [2.24, 2.45) is 0 Å². The van der Waals surface area contributed by atoms with E-state index in [4.69, 9.17) is 23.3 Å². The summed E-state index contributed by atoms with van der Waals surface area (Å²) in [5, 5.41) is 9.70. The van der Waals surface area contributed by atoms with Crippen LogP contribution in [0.1, 0.15) is 239 Å². The molecule has 0 aliphatic heterocycles. The SMILES string of the molecule is CCCCCCCCCCCCCCCC(=O)OCC(COP(=O)(O)OCC(CO)OC(=O)CCCCCCCCCCC)OC(=O)CCCCCCCCCCC. The smallest absolute Gasteiger partial charge is 0.462 e. The zero-order chi connectivity index (χ0) is 42.8. The molecule has 344 valence electrons. The van der Waals surface area contributed by atoms with Gasteiger partial charge in [-0.15, -0.1) is 0 Å². The standard InChI is InChI=1S/C46H89O11P/c1-4-7-10-13-16-19-20-21-22-25-26-29-32-35-44(48)53-39-43(57-46(50)37-34-31-28-24-18-15-12-9-6-3)41-55-58(51,52)54-40-42(38-47)56-45(49)36-33-30-27-23-17-14-11-8-5-2/h42-43,47H,4-41H2,1-3H3,(H,51,52). The van der Waals surface area contributed by atoms with Crippen LogP contribution in [-0.4, -0.2) is 66.5 Å². The van der Waals surface area contributed by atoms with Gasteiger partial charge in [0.15, 0.2) is 6.10 Å². The van der Waals surface area contributed by atoms with Gasteiger partial charge in [0.2, 0.25) is 0 Å².